The van der Waals surface area contributed by atoms with Crippen LogP contribution in [-0.2, 0) is 20.1 Å². The number of aliphatic imine (C=N–C) groups is 1. The van der Waals surface area contributed by atoms with Crippen LogP contribution in [0.1, 0.15) is 23.9 Å². The lowest BCUT2D eigenvalue weighted by Crippen LogP contribution is -2.37. The highest BCUT2D eigenvalue weighted by molar-refractivity contribution is 14.0. The molecule has 126 valence electrons. The van der Waals surface area contributed by atoms with Gasteiger partial charge in [-0.05, 0) is 31.0 Å². The van der Waals surface area contributed by atoms with Crippen LogP contribution in [0, 0.1) is 12.7 Å². The van der Waals surface area contributed by atoms with Crippen LogP contribution in [0.4, 0.5) is 4.39 Å². The fourth-order valence-corrected chi connectivity index (χ4v) is 1.89. The fourth-order valence-electron chi connectivity index (χ4n) is 1.89. The molecule has 0 unspecified atom stereocenters. The number of aromatic nitrogens is 3. The second kappa shape index (κ2) is 9.43. The molecule has 6 nitrogen and oxygen atoms in total. The van der Waals surface area contributed by atoms with Gasteiger partial charge in [-0.3, -0.25) is 4.68 Å². The number of halogens is 2. The first kappa shape index (κ1) is 19.3. The molecule has 23 heavy (non-hydrogen) atoms. The largest absolute Gasteiger partial charge is 0.357 e. The Balaban J connectivity index is 0.00000264. The molecule has 0 fully saturated rings. The minimum atomic E-state index is -0.204. The predicted octanol–water partition coefficient (Wildman–Crippen LogP) is 2.14. The number of nitrogens with zero attached hydrogens (tertiary/aromatic N) is 4. The predicted molar refractivity (Wildman–Crippen MR) is 99.2 cm³/mol. The summed E-state index contributed by atoms with van der Waals surface area (Å²) >= 11 is 0. The molecule has 2 rings (SSSR count). The quantitative estimate of drug-likeness (QED) is 0.432. The summed E-state index contributed by atoms with van der Waals surface area (Å²) in [5, 5.41) is 10.3. The lowest BCUT2D eigenvalue weighted by Gasteiger charge is -2.11. The number of aryl methyl sites for hydroxylation is 2. The van der Waals surface area contributed by atoms with Crippen molar-refractivity contribution in [1.82, 2.24) is 25.4 Å². The molecule has 0 aliphatic carbocycles. The van der Waals surface area contributed by atoms with Crippen molar-refractivity contribution in [2.24, 2.45) is 12.0 Å². The average Bonchev–Trinajstić information content (AvgIpc) is 2.91. The van der Waals surface area contributed by atoms with E-state index in [9.17, 15) is 4.39 Å². The van der Waals surface area contributed by atoms with E-state index in [-0.39, 0.29) is 29.8 Å². The Morgan fingerprint density at radius 2 is 2.13 bits per heavy atom. The standard InChI is InChI=1S/C15H21FN6.HI/c1-4-17-15(19-9-14-20-10-21-22(14)3)18-8-12-6-5-11(2)13(16)7-12;/h5-7,10H,4,8-9H2,1-3H3,(H2,17,18,19);1H. The molecule has 2 N–H and O–H groups in total. The van der Waals surface area contributed by atoms with Crippen molar-refractivity contribution in [3.8, 4) is 0 Å². The minimum Gasteiger partial charge on any atom is -0.357 e. The third-order valence-corrected chi connectivity index (χ3v) is 3.22. The van der Waals surface area contributed by atoms with E-state index in [0.717, 1.165) is 17.9 Å². The van der Waals surface area contributed by atoms with Gasteiger partial charge in [-0.1, -0.05) is 12.1 Å². The van der Waals surface area contributed by atoms with Crippen LogP contribution in [0.5, 0.6) is 0 Å². The molecular formula is C15H22FIN6. The molecular weight excluding hydrogens is 410 g/mol. The molecule has 1 heterocycles. The van der Waals surface area contributed by atoms with Crippen LogP contribution < -0.4 is 10.6 Å². The molecule has 0 amide bonds. The van der Waals surface area contributed by atoms with E-state index in [1.165, 1.54) is 12.4 Å². The van der Waals surface area contributed by atoms with Gasteiger partial charge in [-0.25, -0.2) is 14.4 Å². The third kappa shape index (κ3) is 5.77. The van der Waals surface area contributed by atoms with E-state index in [1.54, 1.807) is 17.7 Å². The highest BCUT2D eigenvalue weighted by Crippen LogP contribution is 2.09. The normalized spacial score (nSPS) is 11.0. The molecule has 0 spiro atoms. The minimum absolute atomic E-state index is 0. The maximum absolute atomic E-state index is 13.5. The molecule has 0 bridgehead atoms. The second-order valence-corrected chi connectivity index (χ2v) is 4.93. The Morgan fingerprint density at radius 3 is 2.74 bits per heavy atom. The molecule has 1 aromatic carbocycles. The summed E-state index contributed by atoms with van der Waals surface area (Å²) in [6.45, 7) is 5.41. The fraction of sp³-hybridized carbons (Fsp3) is 0.400. The first-order valence-electron chi connectivity index (χ1n) is 7.20. The van der Waals surface area contributed by atoms with Gasteiger partial charge < -0.3 is 10.6 Å². The van der Waals surface area contributed by atoms with Gasteiger partial charge in [0.15, 0.2) is 5.96 Å². The zero-order valence-corrected chi connectivity index (χ0v) is 15.8. The van der Waals surface area contributed by atoms with Gasteiger partial charge in [0.05, 0.1) is 13.1 Å². The van der Waals surface area contributed by atoms with Gasteiger partial charge in [0.1, 0.15) is 18.0 Å². The van der Waals surface area contributed by atoms with Crippen molar-refractivity contribution >= 4 is 29.9 Å². The zero-order chi connectivity index (χ0) is 15.9. The first-order valence-corrected chi connectivity index (χ1v) is 7.20. The van der Waals surface area contributed by atoms with E-state index in [4.69, 9.17) is 0 Å². The summed E-state index contributed by atoms with van der Waals surface area (Å²) in [4.78, 5) is 8.60. The molecule has 0 aliphatic rings. The average molecular weight is 432 g/mol. The molecule has 1 aromatic heterocycles. The third-order valence-electron chi connectivity index (χ3n) is 3.22. The van der Waals surface area contributed by atoms with Gasteiger partial charge in [0.2, 0.25) is 0 Å². The molecule has 0 atom stereocenters. The van der Waals surface area contributed by atoms with Gasteiger partial charge >= 0.3 is 0 Å². The maximum atomic E-state index is 13.5. The first-order chi connectivity index (χ1) is 10.6. The van der Waals surface area contributed by atoms with Crippen molar-refractivity contribution < 1.29 is 4.39 Å². The van der Waals surface area contributed by atoms with Crippen LogP contribution in [-0.4, -0.2) is 27.3 Å². The lowest BCUT2D eigenvalue weighted by molar-refractivity contribution is 0.616. The number of hydrogen-bond donors (Lipinski definition) is 2. The molecule has 0 saturated heterocycles. The van der Waals surface area contributed by atoms with Crippen LogP contribution in [0.2, 0.25) is 0 Å². The molecule has 2 aromatic rings. The highest BCUT2D eigenvalue weighted by Gasteiger charge is 2.03. The van der Waals surface area contributed by atoms with E-state index in [0.29, 0.717) is 24.6 Å². The SMILES string of the molecule is CCNC(=NCc1ccc(C)c(F)c1)NCc1ncnn1C.I. The summed E-state index contributed by atoms with van der Waals surface area (Å²) < 4.78 is 15.2. The van der Waals surface area contributed by atoms with Gasteiger partial charge in [-0.2, -0.15) is 5.10 Å². The zero-order valence-electron chi connectivity index (χ0n) is 13.5. The Hall–Kier alpha value is -1.71. The summed E-state index contributed by atoms with van der Waals surface area (Å²) in [7, 11) is 1.84. The van der Waals surface area contributed by atoms with Gasteiger partial charge in [0, 0.05) is 13.6 Å². The molecule has 8 heteroatoms. The number of guanidine groups is 1. The number of nitrogens with one attached hydrogen (secondary N) is 2. The topological polar surface area (TPSA) is 67.1 Å². The number of hydrogen-bond acceptors (Lipinski definition) is 3. The van der Waals surface area contributed by atoms with Crippen molar-refractivity contribution in [2.75, 3.05) is 6.54 Å². The van der Waals surface area contributed by atoms with Gasteiger partial charge in [0.25, 0.3) is 0 Å². The smallest absolute Gasteiger partial charge is 0.191 e. The highest BCUT2D eigenvalue weighted by atomic mass is 127. The van der Waals surface area contributed by atoms with Crippen molar-refractivity contribution in [1.29, 1.82) is 0 Å². The second-order valence-electron chi connectivity index (χ2n) is 4.93. The van der Waals surface area contributed by atoms with Crippen molar-refractivity contribution in [3.05, 3.63) is 47.3 Å². The van der Waals surface area contributed by atoms with Gasteiger partial charge in [-0.15, -0.1) is 24.0 Å². The maximum Gasteiger partial charge on any atom is 0.191 e. The summed E-state index contributed by atoms with van der Waals surface area (Å²) in [5.41, 5.74) is 1.47. The van der Waals surface area contributed by atoms with E-state index < -0.39 is 0 Å². The Kier molecular flexibility index (Phi) is 7.93. The Bertz CT molecular complexity index is 655. The molecule has 0 radical (unpaired) electrons. The van der Waals surface area contributed by atoms with Crippen molar-refractivity contribution in [3.63, 3.8) is 0 Å². The van der Waals surface area contributed by atoms with Crippen molar-refractivity contribution in [2.45, 2.75) is 26.9 Å². The Labute approximate surface area is 152 Å². The van der Waals surface area contributed by atoms with Crippen LogP contribution in [0.15, 0.2) is 29.5 Å². The molecule has 0 saturated carbocycles. The van der Waals surface area contributed by atoms with E-state index in [1.807, 2.05) is 20.0 Å². The van der Waals surface area contributed by atoms with E-state index in [2.05, 4.69) is 25.7 Å². The summed E-state index contributed by atoms with van der Waals surface area (Å²) in [6, 6.07) is 5.17. The summed E-state index contributed by atoms with van der Waals surface area (Å²) in [6.07, 6.45) is 1.51. The monoisotopic (exact) mass is 432 g/mol. The van der Waals surface area contributed by atoms with Crippen LogP contribution in [0.25, 0.3) is 0 Å². The number of benzene rings is 1. The summed E-state index contributed by atoms with van der Waals surface area (Å²) in [5.74, 6) is 1.27. The Morgan fingerprint density at radius 1 is 1.35 bits per heavy atom. The number of rotatable bonds is 5. The van der Waals surface area contributed by atoms with Crippen LogP contribution >= 0.6 is 24.0 Å². The lowest BCUT2D eigenvalue weighted by atomic mass is 10.1. The molecule has 0 aliphatic heterocycles. The van der Waals surface area contributed by atoms with Crippen LogP contribution in [0.3, 0.4) is 0 Å². The van der Waals surface area contributed by atoms with E-state index >= 15 is 0 Å².